The molecule has 0 spiro atoms. The molecule has 3 aromatic rings. The summed E-state index contributed by atoms with van der Waals surface area (Å²) in [7, 11) is 1.66. The van der Waals surface area contributed by atoms with Crippen LogP contribution < -0.4 is 4.74 Å². The van der Waals surface area contributed by atoms with E-state index in [0.29, 0.717) is 37.6 Å². The van der Waals surface area contributed by atoms with Crippen molar-refractivity contribution in [2.45, 2.75) is 36.6 Å². The van der Waals surface area contributed by atoms with Gasteiger partial charge in [0.2, 0.25) is 11.8 Å². The highest BCUT2D eigenvalue weighted by molar-refractivity contribution is 7.98. The predicted octanol–water partition coefficient (Wildman–Crippen LogP) is 4.10. The zero-order chi connectivity index (χ0) is 20.9. The molecule has 156 valence electrons. The first-order valence-electron chi connectivity index (χ1n) is 10.0. The second kappa shape index (κ2) is 9.34. The number of carbonyl (C=O) groups excluding carboxylic acids is 1. The summed E-state index contributed by atoms with van der Waals surface area (Å²) in [5, 5.41) is 4.15. The van der Waals surface area contributed by atoms with Crippen molar-refractivity contribution in [1.82, 2.24) is 15.0 Å². The quantitative estimate of drug-likeness (QED) is 0.508. The third-order valence-electron chi connectivity index (χ3n) is 5.38. The van der Waals surface area contributed by atoms with Gasteiger partial charge in [0.05, 0.1) is 7.11 Å². The van der Waals surface area contributed by atoms with Crippen LogP contribution in [0.1, 0.15) is 35.2 Å². The summed E-state index contributed by atoms with van der Waals surface area (Å²) in [4.78, 5) is 20.1. The standard InChI is InChI=1S/C23H25N3O3S/c1-28-19-8-3-16(4-9-19)7-12-21-24-23(25-29-21)18-13-22(27)26(15-18)14-17-5-10-20(30-2)11-6-17/h3-6,8-11,18H,7,12-15H2,1-2H3. The molecule has 4 rings (SSSR count). The third kappa shape index (κ3) is 4.84. The highest BCUT2D eigenvalue weighted by Crippen LogP contribution is 2.28. The number of ether oxygens (including phenoxy) is 1. The van der Waals surface area contributed by atoms with Crippen LogP contribution in [0.4, 0.5) is 0 Å². The SMILES string of the molecule is COc1ccc(CCc2nc(C3CC(=O)N(Cc4ccc(SC)cc4)C3)no2)cc1. The minimum Gasteiger partial charge on any atom is -0.497 e. The Hall–Kier alpha value is -2.80. The van der Waals surface area contributed by atoms with Crippen LogP contribution in [-0.2, 0) is 24.2 Å². The Morgan fingerprint density at radius 1 is 1.10 bits per heavy atom. The van der Waals surface area contributed by atoms with Gasteiger partial charge in [-0.15, -0.1) is 11.8 Å². The van der Waals surface area contributed by atoms with Gasteiger partial charge in [-0.2, -0.15) is 4.98 Å². The van der Waals surface area contributed by atoms with Gasteiger partial charge in [0, 0.05) is 36.7 Å². The molecule has 1 saturated heterocycles. The van der Waals surface area contributed by atoms with Crippen molar-refractivity contribution >= 4 is 17.7 Å². The third-order valence-corrected chi connectivity index (χ3v) is 6.13. The second-order valence-electron chi connectivity index (χ2n) is 7.42. The first kappa shape index (κ1) is 20.5. The maximum atomic E-state index is 12.5. The number of thioether (sulfide) groups is 1. The van der Waals surface area contributed by atoms with E-state index in [1.807, 2.05) is 29.2 Å². The van der Waals surface area contributed by atoms with E-state index in [-0.39, 0.29) is 11.8 Å². The zero-order valence-electron chi connectivity index (χ0n) is 17.2. The number of aromatic nitrogens is 2. The molecule has 1 unspecified atom stereocenters. The zero-order valence-corrected chi connectivity index (χ0v) is 18.0. The van der Waals surface area contributed by atoms with Crippen molar-refractivity contribution in [3.05, 3.63) is 71.4 Å². The van der Waals surface area contributed by atoms with Crippen LogP contribution in [0.2, 0.25) is 0 Å². The fourth-order valence-corrected chi connectivity index (χ4v) is 4.04. The molecule has 0 N–H and O–H groups in total. The van der Waals surface area contributed by atoms with Crippen LogP contribution >= 0.6 is 11.8 Å². The molecular formula is C23H25N3O3S. The summed E-state index contributed by atoms with van der Waals surface area (Å²) < 4.78 is 10.6. The molecule has 2 aromatic carbocycles. The number of benzene rings is 2. The molecule has 0 aliphatic carbocycles. The minimum atomic E-state index is -0.0125. The largest absolute Gasteiger partial charge is 0.497 e. The van der Waals surface area contributed by atoms with Crippen LogP contribution in [0, 0.1) is 0 Å². The van der Waals surface area contributed by atoms with Crippen LogP contribution in [-0.4, -0.2) is 40.9 Å². The fraction of sp³-hybridized carbons (Fsp3) is 0.348. The Balaban J connectivity index is 1.33. The molecule has 0 radical (unpaired) electrons. The number of nitrogens with zero attached hydrogens (tertiary/aromatic N) is 3. The molecule has 30 heavy (non-hydrogen) atoms. The number of methoxy groups -OCH3 is 1. The summed E-state index contributed by atoms with van der Waals surface area (Å²) >= 11 is 1.71. The lowest BCUT2D eigenvalue weighted by Crippen LogP contribution is -2.24. The Morgan fingerprint density at radius 2 is 1.83 bits per heavy atom. The molecule has 2 heterocycles. The van der Waals surface area contributed by atoms with E-state index in [9.17, 15) is 4.79 Å². The molecule has 0 bridgehead atoms. The fourth-order valence-electron chi connectivity index (χ4n) is 3.63. The van der Waals surface area contributed by atoms with Crippen molar-refractivity contribution in [1.29, 1.82) is 0 Å². The second-order valence-corrected chi connectivity index (χ2v) is 8.30. The van der Waals surface area contributed by atoms with E-state index in [1.165, 1.54) is 10.5 Å². The van der Waals surface area contributed by atoms with Crippen LogP contribution in [0.15, 0.2) is 57.9 Å². The minimum absolute atomic E-state index is 0.0125. The molecule has 1 atom stereocenters. The van der Waals surface area contributed by atoms with Gasteiger partial charge in [-0.3, -0.25) is 4.79 Å². The molecule has 0 saturated carbocycles. The first-order chi connectivity index (χ1) is 14.6. The predicted molar refractivity (Wildman–Crippen MR) is 116 cm³/mol. The highest BCUT2D eigenvalue weighted by atomic mass is 32.2. The van der Waals surface area contributed by atoms with E-state index in [2.05, 4.69) is 40.7 Å². The van der Waals surface area contributed by atoms with Crippen molar-refractivity contribution < 1.29 is 14.1 Å². The number of aryl methyl sites for hydroxylation is 2. The smallest absolute Gasteiger partial charge is 0.226 e. The monoisotopic (exact) mass is 423 g/mol. The van der Waals surface area contributed by atoms with Gasteiger partial charge in [-0.05, 0) is 48.1 Å². The lowest BCUT2D eigenvalue weighted by molar-refractivity contribution is -0.128. The summed E-state index contributed by atoms with van der Waals surface area (Å²) in [5.74, 6) is 2.21. The summed E-state index contributed by atoms with van der Waals surface area (Å²) in [6, 6.07) is 16.3. The van der Waals surface area contributed by atoms with Crippen LogP contribution in [0.3, 0.4) is 0 Å². The maximum absolute atomic E-state index is 12.5. The van der Waals surface area contributed by atoms with E-state index in [0.717, 1.165) is 17.7 Å². The topological polar surface area (TPSA) is 68.5 Å². The van der Waals surface area contributed by atoms with Crippen molar-refractivity contribution in [3.63, 3.8) is 0 Å². The average molecular weight is 424 g/mol. The van der Waals surface area contributed by atoms with Gasteiger partial charge in [0.1, 0.15) is 5.75 Å². The molecule has 1 aliphatic rings. The molecular weight excluding hydrogens is 398 g/mol. The van der Waals surface area contributed by atoms with Crippen molar-refractivity contribution in [2.75, 3.05) is 19.9 Å². The van der Waals surface area contributed by atoms with Gasteiger partial charge < -0.3 is 14.2 Å². The van der Waals surface area contributed by atoms with Crippen LogP contribution in [0.25, 0.3) is 0 Å². The number of amides is 1. The van der Waals surface area contributed by atoms with Gasteiger partial charge in [-0.25, -0.2) is 0 Å². The van der Waals surface area contributed by atoms with Crippen LogP contribution in [0.5, 0.6) is 5.75 Å². The van der Waals surface area contributed by atoms with E-state index in [1.54, 1.807) is 18.9 Å². The van der Waals surface area contributed by atoms with Gasteiger partial charge >= 0.3 is 0 Å². The number of carbonyl (C=O) groups is 1. The Labute approximate surface area is 180 Å². The van der Waals surface area contributed by atoms with E-state index < -0.39 is 0 Å². The lowest BCUT2D eigenvalue weighted by Gasteiger charge is -2.16. The Morgan fingerprint density at radius 3 is 2.53 bits per heavy atom. The number of hydrogen-bond donors (Lipinski definition) is 0. The Kier molecular flexibility index (Phi) is 6.38. The van der Waals surface area contributed by atoms with Gasteiger partial charge in [-0.1, -0.05) is 29.4 Å². The summed E-state index contributed by atoms with van der Waals surface area (Å²) in [6.45, 7) is 1.24. The molecule has 6 nitrogen and oxygen atoms in total. The van der Waals surface area contributed by atoms with E-state index >= 15 is 0 Å². The summed E-state index contributed by atoms with van der Waals surface area (Å²) in [6.07, 6.45) is 3.97. The number of rotatable bonds is 8. The lowest BCUT2D eigenvalue weighted by atomic mass is 10.1. The molecule has 1 aromatic heterocycles. The maximum Gasteiger partial charge on any atom is 0.226 e. The molecule has 1 aliphatic heterocycles. The highest BCUT2D eigenvalue weighted by Gasteiger charge is 2.33. The number of hydrogen-bond acceptors (Lipinski definition) is 6. The summed E-state index contributed by atoms with van der Waals surface area (Å²) in [5.41, 5.74) is 2.32. The van der Waals surface area contributed by atoms with E-state index in [4.69, 9.17) is 9.26 Å². The van der Waals surface area contributed by atoms with Crippen molar-refractivity contribution in [3.8, 4) is 5.75 Å². The van der Waals surface area contributed by atoms with Gasteiger partial charge in [0.25, 0.3) is 0 Å². The normalized spacial score (nSPS) is 16.3. The molecule has 7 heteroatoms. The Bertz CT molecular complexity index is 986. The molecule has 1 fully saturated rings. The first-order valence-corrected chi connectivity index (χ1v) is 11.2. The van der Waals surface area contributed by atoms with Gasteiger partial charge in [0.15, 0.2) is 5.82 Å². The number of likely N-dealkylation sites (tertiary alicyclic amines) is 1. The van der Waals surface area contributed by atoms with Crippen molar-refractivity contribution in [2.24, 2.45) is 0 Å². The molecule has 1 amide bonds. The average Bonchev–Trinajstić information content (AvgIpc) is 3.40.